The zero-order chi connectivity index (χ0) is 25.8. The normalized spacial score (nSPS) is 14.5. The number of nitrogens with two attached hydrogens (primary N) is 1. The van der Waals surface area contributed by atoms with Gasteiger partial charge in [-0.05, 0) is 52.2 Å². The molecule has 0 spiro atoms. The number of nitrogens with one attached hydrogen (secondary N) is 1. The molecule has 11 heteroatoms. The first-order valence-electron chi connectivity index (χ1n) is 11.4. The molecule has 3 N–H and O–H groups in total. The van der Waals surface area contributed by atoms with E-state index in [9.17, 15) is 18.0 Å². The number of piperidine rings is 1. The molecule has 2 aromatic heterocycles. The molecule has 0 radical (unpaired) electrons. The van der Waals surface area contributed by atoms with Crippen molar-refractivity contribution in [1.29, 1.82) is 5.41 Å². The van der Waals surface area contributed by atoms with Gasteiger partial charge in [0.1, 0.15) is 11.7 Å². The van der Waals surface area contributed by atoms with Gasteiger partial charge in [-0.3, -0.25) is 15.2 Å². The SMILES string of the molecule is CC(C)(C)N(Cc1ccc(OCC(F)(F)F)nc1N1CCCCC1)C(=O)c1ccncc1C(=N)N. The van der Waals surface area contributed by atoms with Gasteiger partial charge in [-0.1, -0.05) is 0 Å². The van der Waals surface area contributed by atoms with Gasteiger partial charge in [-0.15, -0.1) is 0 Å². The second-order valence-electron chi connectivity index (χ2n) is 9.48. The van der Waals surface area contributed by atoms with Crippen LogP contribution in [0, 0.1) is 5.41 Å². The monoisotopic (exact) mass is 492 g/mol. The molecule has 3 heterocycles. The molecule has 1 aliphatic heterocycles. The zero-order valence-electron chi connectivity index (χ0n) is 20.2. The molecule has 0 bridgehead atoms. The molecular weight excluding hydrogens is 461 g/mol. The number of hydrogen-bond donors (Lipinski definition) is 2. The van der Waals surface area contributed by atoms with Crippen LogP contribution in [0.3, 0.4) is 0 Å². The lowest BCUT2D eigenvalue weighted by atomic mass is 10.0. The van der Waals surface area contributed by atoms with Gasteiger partial charge >= 0.3 is 6.18 Å². The molecule has 190 valence electrons. The molecule has 0 unspecified atom stereocenters. The Kier molecular flexibility index (Phi) is 7.86. The van der Waals surface area contributed by atoms with Gasteiger partial charge < -0.3 is 20.3 Å². The number of aromatic nitrogens is 2. The van der Waals surface area contributed by atoms with Crippen molar-refractivity contribution in [3.8, 4) is 5.88 Å². The van der Waals surface area contributed by atoms with Gasteiger partial charge in [-0.25, -0.2) is 0 Å². The minimum atomic E-state index is -4.47. The highest BCUT2D eigenvalue weighted by molar-refractivity contribution is 6.07. The van der Waals surface area contributed by atoms with E-state index in [1.807, 2.05) is 25.7 Å². The lowest BCUT2D eigenvalue weighted by Gasteiger charge is -2.38. The Hall–Kier alpha value is -3.37. The Balaban J connectivity index is 1.99. The van der Waals surface area contributed by atoms with Crippen molar-refractivity contribution in [1.82, 2.24) is 14.9 Å². The third-order valence-corrected chi connectivity index (χ3v) is 5.69. The Morgan fingerprint density at radius 2 is 1.83 bits per heavy atom. The first-order valence-corrected chi connectivity index (χ1v) is 11.4. The molecule has 0 aliphatic carbocycles. The quantitative estimate of drug-likeness (QED) is 0.444. The Morgan fingerprint density at radius 1 is 1.14 bits per heavy atom. The number of nitrogen functional groups attached to an aromatic ring is 1. The summed E-state index contributed by atoms with van der Waals surface area (Å²) >= 11 is 0. The van der Waals surface area contributed by atoms with E-state index < -0.39 is 18.3 Å². The summed E-state index contributed by atoms with van der Waals surface area (Å²) in [6.07, 6.45) is 1.32. The number of nitrogens with zero attached hydrogens (tertiary/aromatic N) is 4. The first kappa shape index (κ1) is 26.2. The molecule has 0 atom stereocenters. The molecule has 1 aliphatic rings. The maximum Gasteiger partial charge on any atom is 0.422 e. The van der Waals surface area contributed by atoms with Crippen LogP contribution in [0.25, 0.3) is 0 Å². The number of ether oxygens (including phenoxy) is 1. The van der Waals surface area contributed by atoms with Crippen LogP contribution in [0.1, 0.15) is 61.5 Å². The van der Waals surface area contributed by atoms with Crippen molar-refractivity contribution in [2.24, 2.45) is 5.73 Å². The molecule has 0 aromatic carbocycles. The Morgan fingerprint density at radius 3 is 2.43 bits per heavy atom. The van der Waals surface area contributed by atoms with Gasteiger partial charge in [0.25, 0.3) is 5.91 Å². The van der Waals surface area contributed by atoms with E-state index in [-0.39, 0.29) is 35.3 Å². The fourth-order valence-corrected chi connectivity index (χ4v) is 3.92. The molecule has 8 nitrogen and oxygen atoms in total. The molecule has 35 heavy (non-hydrogen) atoms. The number of carbonyl (C=O) groups is 1. The topological polar surface area (TPSA) is 108 Å². The van der Waals surface area contributed by atoms with E-state index in [0.29, 0.717) is 24.5 Å². The van der Waals surface area contributed by atoms with Crippen molar-refractivity contribution < 1.29 is 22.7 Å². The largest absolute Gasteiger partial charge is 0.468 e. The minimum absolute atomic E-state index is 0.117. The van der Waals surface area contributed by atoms with Gasteiger partial charge in [0.15, 0.2) is 6.61 Å². The summed E-state index contributed by atoms with van der Waals surface area (Å²) in [6, 6.07) is 4.58. The standard InChI is InChI=1S/C24H31F3N6O2/c1-23(2,3)33(22(34)17-9-10-30-13-18(17)20(28)29)14-16-7-8-19(35-15-24(25,26)27)31-21(16)32-11-5-4-6-12-32/h7-10,13H,4-6,11-12,14-15H2,1-3H3,(H3,28,29). The van der Waals surface area contributed by atoms with Gasteiger partial charge in [0, 0.05) is 48.2 Å². The first-order chi connectivity index (χ1) is 16.4. The van der Waals surface area contributed by atoms with E-state index in [1.54, 1.807) is 11.0 Å². The molecule has 1 saturated heterocycles. The van der Waals surface area contributed by atoms with Crippen LogP contribution >= 0.6 is 0 Å². The van der Waals surface area contributed by atoms with Gasteiger partial charge in [0.05, 0.1) is 12.1 Å². The number of amidine groups is 1. The number of amides is 1. The molecule has 3 rings (SSSR count). The minimum Gasteiger partial charge on any atom is -0.468 e. The number of hydrogen-bond acceptors (Lipinski definition) is 6. The summed E-state index contributed by atoms with van der Waals surface area (Å²) in [6.45, 7) is 5.80. The number of anilines is 1. The maximum atomic E-state index is 13.7. The summed E-state index contributed by atoms with van der Waals surface area (Å²) in [5.41, 5.74) is 6.22. The van der Waals surface area contributed by atoms with Crippen molar-refractivity contribution in [2.75, 3.05) is 24.6 Å². The average Bonchev–Trinajstić information content (AvgIpc) is 2.80. The van der Waals surface area contributed by atoms with E-state index in [2.05, 4.69) is 9.97 Å². The fourth-order valence-electron chi connectivity index (χ4n) is 3.92. The number of halogens is 3. The lowest BCUT2D eigenvalue weighted by Crippen LogP contribution is -2.46. The van der Waals surface area contributed by atoms with E-state index in [4.69, 9.17) is 15.9 Å². The predicted octanol–water partition coefficient (Wildman–Crippen LogP) is 4.13. The van der Waals surface area contributed by atoms with Crippen LogP contribution in [0.5, 0.6) is 5.88 Å². The lowest BCUT2D eigenvalue weighted by molar-refractivity contribution is -0.154. The number of alkyl halides is 3. The highest BCUT2D eigenvalue weighted by atomic mass is 19.4. The predicted molar refractivity (Wildman–Crippen MR) is 127 cm³/mol. The van der Waals surface area contributed by atoms with E-state index in [1.165, 1.54) is 24.5 Å². The molecule has 1 fully saturated rings. The summed E-state index contributed by atoms with van der Waals surface area (Å²) < 4.78 is 42.9. The number of rotatable bonds is 7. The van der Waals surface area contributed by atoms with Crippen LogP contribution in [0.4, 0.5) is 19.0 Å². The molecular formula is C24H31F3N6O2. The number of carbonyl (C=O) groups excluding carboxylic acids is 1. The van der Waals surface area contributed by atoms with Crippen LogP contribution in [0.15, 0.2) is 30.6 Å². The summed E-state index contributed by atoms with van der Waals surface area (Å²) in [4.78, 5) is 25.7. The third-order valence-electron chi connectivity index (χ3n) is 5.69. The Labute approximate surface area is 202 Å². The second-order valence-corrected chi connectivity index (χ2v) is 9.48. The van der Waals surface area contributed by atoms with Gasteiger partial charge in [0.2, 0.25) is 5.88 Å². The smallest absolute Gasteiger partial charge is 0.422 e. The van der Waals surface area contributed by atoms with Crippen LogP contribution in [-0.4, -0.2) is 58.0 Å². The Bertz CT molecular complexity index is 1060. The second kappa shape index (κ2) is 10.5. The molecule has 0 saturated carbocycles. The van der Waals surface area contributed by atoms with Crippen molar-refractivity contribution in [3.05, 3.63) is 47.3 Å². The van der Waals surface area contributed by atoms with Crippen LogP contribution in [0.2, 0.25) is 0 Å². The maximum absolute atomic E-state index is 13.7. The van der Waals surface area contributed by atoms with E-state index >= 15 is 0 Å². The summed E-state index contributed by atoms with van der Waals surface area (Å²) in [7, 11) is 0. The summed E-state index contributed by atoms with van der Waals surface area (Å²) in [5.74, 6) is -0.217. The van der Waals surface area contributed by atoms with Crippen LogP contribution < -0.4 is 15.4 Å². The van der Waals surface area contributed by atoms with Crippen molar-refractivity contribution >= 4 is 17.6 Å². The zero-order valence-corrected chi connectivity index (χ0v) is 20.2. The average molecular weight is 493 g/mol. The van der Waals surface area contributed by atoms with Gasteiger partial charge in [-0.2, -0.15) is 18.2 Å². The molecule has 2 aromatic rings. The highest BCUT2D eigenvalue weighted by Crippen LogP contribution is 2.30. The van der Waals surface area contributed by atoms with Crippen molar-refractivity contribution in [2.45, 2.75) is 58.3 Å². The van der Waals surface area contributed by atoms with Crippen LogP contribution in [-0.2, 0) is 6.54 Å². The number of pyridine rings is 2. The highest BCUT2D eigenvalue weighted by Gasteiger charge is 2.32. The molecule has 1 amide bonds. The van der Waals surface area contributed by atoms with Crippen molar-refractivity contribution in [3.63, 3.8) is 0 Å². The summed E-state index contributed by atoms with van der Waals surface area (Å²) in [5, 5.41) is 7.82. The fraction of sp³-hybridized carbons (Fsp3) is 0.500. The van der Waals surface area contributed by atoms with E-state index in [0.717, 1.165) is 19.3 Å². The third kappa shape index (κ3) is 6.83.